The number of benzene rings is 1. The molecule has 6 heteroatoms. The maximum absolute atomic E-state index is 5.79. The first kappa shape index (κ1) is 19.6. The van der Waals surface area contributed by atoms with E-state index in [1.54, 1.807) is 12.3 Å². The van der Waals surface area contributed by atoms with Gasteiger partial charge in [-0.3, -0.25) is 9.80 Å². The second-order valence-electron chi connectivity index (χ2n) is 7.21. The standard InChI is InChI=1S/C21H31N5O/c1-3-27-19-9-5-4-7-17(19)15-26-13-6-8-18(11-14-26)25(2)16-21-23-12-10-20(22)24-21/h4-5,7,9-10,12,18H,3,6,8,11,13-16H2,1-2H3,(H2,22,23,24)/t18-/m0/s1. The molecule has 0 saturated carbocycles. The van der Waals surface area contributed by atoms with Crippen LogP contribution in [0.3, 0.4) is 0 Å². The predicted molar refractivity (Wildman–Crippen MR) is 108 cm³/mol. The number of hydrogen-bond donors (Lipinski definition) is 1. The van der Waals surface area contributed by atoms with Crippen molar-refractivity contribution >= 4 is 5.82 Å². The fraction of sp³-hybridized carbons (Fsp3) is 0.524. The molecule has 6 nitrogen and oxygen atoms in total. The largest absolute Gasteiger partial charge is 0.494 e. The van der Waals surface area contributed by atoms with Crippen LogP contribution in [0.2, 0.25) is 0 Å². The summed E-state index contributed by atoms with van der Waals surface area (Å²) in [5, 5.41) is 0. The van der Waals surface area contributed by atoms with E-state index in [9.17, 15) is 0 Å². The zero-order valence-corrected chi connectivity index (χ0v) is 16.5. The van der Waals surface area contributed by atoms with Gasteiger partial charge in [-0.15, -0.1) is 0 Å². The Morgan fingerprint density at radius 1 is 1.22 bits per heavy atom. The van der Waals surface area contributed by atoms with E-state index < -0.39 is 0 Å². The molecule has 0 bridgehead atoms. The first-order valence-electron chi connectivity index (χ1n) is 9.86. The van der Waals surface area contributed by atoms with Gasteiger partial charge in [0.05, 0.1) is 13.2 Å². The highest BCUT2D eigenvalue weighted by Gasteiger charge is 2.21. The fourth-order valence-electron chi connectivity index (χ4n) is 3.75. The number of likely N-dealkylation sites (tertiary alicyclic amines) is 1. The van der Waals surface area contributed by atoms with Crippen molar-refractivity contribution in [1.82, 2.24) is 19.8 Å². The van der Waals surface area contributed by atoms with Crippen molar-refractivity contribution in [2.75, 3.05) is 32.5 Å². The van der Waals surface area contributed by atoms with Crippen LogP contribution in [0.1, 0.15) is 37.6 Å². The van der Waals surface area contributed by atoms with Gasteiger partial charge >= 0.3 is 0 Å². The lowest BCUT2D eigenvalue weighted by molar-refractivity contribution is 0.202. The van der Waals surface area contributed by atoms with E-state index >= 15 is 0 Å². The molecule has 2 heterocycles. The summed E-state index contributed by atoms with van der Waals surface area (Å²) in [7, 11) is 2.16. The molecule has 1 aliphatic heterocycles. The van der Waals surface area contributed by atoms with Crippen LogP contribution in [0.4, 0.5) is 5.82 Å². The molecule has 2 N–H and O–H groups in total. The summed E-state index contributed by atoms with van der Waals surface area (Å²) in [6.07, 6.45) is 5.28. The van der Waals surface area contributed by atoms with Gasteiger partial charge in [-0.2, -0.15) is 0 Å². The van der Waals surface area contributed by atoms with Crippen molar-refractivity contribution in [2.24, 2.45) is 0 Å². The monoisotopic (exact) mass is 369 g/mol. The zero-order valence-electron chi connectivity index (χ0n) is 16.5. The van der Waals surface area contributed by atoms with E-state index in [1.807, 2.05) is 13.0 Å². The minimum Gasteiger partial charge on any atom is -0.494 e. The van der Waals surface area contributed by atoms with Gasteiger partial charge in [0.1, 0.15) is 17.4 Å². The van der Waals surface area contributed by atoms with Crippen molar-refractivity contribution in [3.8, 4) is 5.75 Å². The average molecular weight is 370 g/mol. The molecule has 1 fully saturated rings. The first-order chi connectivity index (χ1) is 13.2. The quantitative estimate of drug-likeness (QED) is 0.809. The maximum atomic E-state index is 5.79. The number of nitrogen functional groups attached to an aromatic ring is 1. The van der Waals surface area contributed by atoms with Gasteiger partial charge in [-0.05, 0) is 58.5 Å². The number of anilines is 1. The highest BCUT2D eigenvalue weighted by Crippen LogP contribution is 2.23. The molecule has 27 heavy (non-hydrogen) atoms. The van der Waals surface area contributed by atoms with Crippen LogP contribution < -0.4 is 10.5 Å². The van der Waals surface area contributed by atoms with Crippen molar-refractivity contribution in [3.63, 3.8) is 0 Å². The minimum absolute atomic E-state index is 0.536. The number of nitrogens with zero attached hydrogens (tertiary/aromatic N) is 4. The van der Waals surface area contributed by atoms with Gasteiger partial charge in [0.2, 0.25) is 0 Å². The molecule has 0 spiro atoms. The highest BCUT2D eigenvalue weighted by molar-refractivity contribution is 5.33. The summed E-state index contributed by atoms with van der Waals surface area (Å²) >= 11 is 0. The van der Waals surface area contributed by atoms with Crippen LogP contribution in [0.5, 0.6) is 5.75 Å². The Balaban J connectivity index is 1.55. The summed E-state index contributed by atoms with van der Waals surface area (Å²) in [6.45, 7) is 6.64. The number of hydrogen-bond acceptors (Lipinski definition) is 6. The summed E-state index contributed by atoms with van der Waals surface area (Å²) in [4.78, 5) is 13.6. The zero-order chi connectivity index (χ0) is 19.1. The molecular formula is C21H31N5O. The number of aromatic nitrogens is 2. The van der Waals surface area contributed by atoms with E-state index in [4.69, 9.17) is 10.5 Å². The van der Waals surface area contributed by atoms with Crippen LogP contribution >= 0.6 is 0 Å². The Morgan fingerprint density at radius 3 is 2.89 bits per heavy atom. The number of nitrogens with two attached hydrogens (primary N) is 1. The SMILES string of the molecule is CCOc1ccccc1CN1CCC[C@H](N(C)Cc2nccc(N)n2)CC1. The third-order valence-electron chi connectivity index (χ3n) is 5.20. The average Bonchev–Trinajstić information content (AvgIpc) is 2.89. The lowest BCUT2D eigenvalue weighted by atomic mass is 10.1. The van der Waals surface area contributed by atoms with Crippen LogP contribution in [0, 0.1) is 0 Å². The van der Waals surface area contributed by atoms with E-state index in [2.05, 4.69) is 45.0 Å². The Hall–Kier alpha value is -2.18. The number of rotatable bonds is 7. The normalized spacial score (nSPS) is 18.4. The van der Waals surface area contributed by atoms with Crippen molar-refractivity contribution in [1.29, 1.82) is 0 Å². The molecule has 1 aromatic heterocycles. The fourth-order valence-corrected chi connectivity index (χ4v) is 3.75. The molecule has 146 valence electrons. The first-order valence-corrected chi connectivity index (χ1v) is 9.86. The third-order valence-corrected chi connectivity index (χ3v) is 5.20. The molecule has 3 rings (SSSR count). The molecule has 0 aliphatic carbocycles. The maximum Gasteiger partial charge on any atom is 0.144 e. The van der Waals surface area contributed by atoms with Gasteiger partial charge < -0.3 is 10.5 Å². The summed E-state index contributed by atoms with van der Waals surface area (Å²) in [5.41, 5.74) is 7.05. The molecule has 1 saturated heterocycles. The Kier molecular flexibility index (Phi) is 7.01. The second kappa shape index (κ2) is 9.67. The molecule has 1 aliphatic rings. The molecule has 0 radical (unpaired) electrons. The topological polar surface area (TPSA) is 67.5 Å². The lowest BCUT2D eigenvalue weighted by Crippen LogP contribution is -2.33. The molecule has 1 aromatic carbocycles. The van der Waals surface area contributed by atoms with E-state index in [0.29, 0.717) is 18.5 Å². The van der Waals surface area contributed by atoms with Crippen molar-refractivity contribution < 1.29 is 4.74 Å². The number of para-hydroxylation sites is 1. The van der Waals surface area contributed by atoms with Gasteiger partial charge in [-0.25, -0.2) is 9.97 Å². The summed E-state index contributed by atoms with van der Waals surface area (Å²) < 4.78 is 5.79. The third kappa shape index (κ3) is 5.65. The van der Waals surface area contributed by atoms with Crippen LogP contribution in [-0.2, 0) is 13.1 Å². The molecular weight excluding hydrogens is 338 g/mol. The lowest BCUT2D eigenvalue weighted by Gasteiger charge is -2.26. The minimum atomic E-state index is 0.536. The molecule has 0 unspecified atom stereocenters. The molecule has 1 atom stereocenters. The molecule has 0 amide bonds. The van der Waals surface area contributed by atoms with Crippen molar-refractivity contribution in [2.45, 2.75) is 45.3 Å². The van der Waals surface area contributed by atoms with Crippen LogP contribution in [-0.4, -0.2) is 52.6 Å². The molecule has 2 aromatic rings. The summed E-state index contributed by atoms with van der Waals surface area (Å²) in [5.74, 6) is 2.34. The smallest absolute Gasteiger partial charge is 0.144 e. The Bertz CT molecular complexity index is 723. The Labute approximate surface area is 162 Å². The predicted octanol–water partition coefficient (Wildman–Crippen LogP) is 2.94. The number of ether oxygens (including phenoxy) is 1. The van der Waals surface area contributed by atoms with Gasteiger partial charge in [0.15, 0.2) is 0 Å². The summed E-state index contributed by atoms with van der Waals surface area (Å²) in [6, 6.07) is 10.7. The highest BCUT2D eigenvalue weighted by atomic mass is 16.5. The second-order valence-corrected chi connectivity index (χ2v) is 7.21. The van der Waals surface area contributed by atoms with Crippen LogP contribution in [0.15, 0.2) is 36.5 Å². The van der Waals surface area contributed by atoms with Gasteiger partial charge in [-0.1, -0.05) is 18.2 Å². The van der Waals surface area contributed by atoms with Gasteiger partial charge in [0, 0.05) is 24.3 Å². The van der Waals surface area contributed by atoms with Crippen molar-refractivity contribution in [3.05, 3.63) is 47.9 Å². The van der Waals surface area contributed by atoms with E-state index in [-0.39, 0.29) is 0 Å². The van der Waals surface area contributed by atoms with E-state index in [1.165, 1.54) is 18.4 Å². The Morgan fingerprint density at radius 2 is 2.07 bits per heavy atom. The van der Waals surface area contributed by atoms with Crippen LogP contribution in [0.25, 0.3) is 0 Å². The van der Waals surface area contributed by atoms with E-state index in [0.717, 1.165) is 44.2 Å². The van der Waals surface area contributed by atoms with Gasteiger partial charge in [0.25, 0.3) is 0 Å².